The van der Waals surface area contributed by atoms with E-state index in [1.807, 2.05) is 30.3 Å². The van der Waals surface area contributed by atoms with Crippen molar-refractivity contribution in [2.24, 2.45) is 5.11 Å². The van der Waals surface area contributed by atoms with Gasteiger partial charge in [0.25, 0.3) is 0 Å². The molecule has 0 amide bonds. The number of alkyl halides is 1. The number of rotatable bonds is 3. The Balaban J connectivity index is 1.82. The van der Waals surface area contributed by atoms with Gasteiger partial charge in [0, 0.05) is 17.6 Å². The van der Waals surface area contributed by atoms with Gasteiger partial charge in [-0.15, -0.1) is 0 Å². The summed E-state index contributed by atoms with van der Waals surface area (Å²) in [5, 5.41) is 3.54. The van der Waals surface area contributed by atoms with Crippen LogP contribution in [0.3, 0.4) is 0 Å². The summed E-state index contributed by atoms with van der Waals surface area (Å²) in [4.78, 5) is 2.72. The van der Waals surface area contributed by atoms with Gasteiger partial charge in [0.2, 0.25) is 0 Å². The topological polar surface area (TPSA) is 85.7 Å². The fourth-order valence-corrected chi connectivity index (χ4v) is 2.71. The van der Waals surface area contributed by atoms with Crippen LogP contribution in [0.25, 0.3) is 10.4 Å². The summed E-state index contributed by atoms with van der Waals surface area (Å²) in [7, 11) is 1.34. The molecular formula is C14H16FN3O4. The molecule has 0 aliphatic carbocycles. The number of halogens is 1. The van der Waals surface area contributed by atoms with Crippen LogP contribution >= 0.6 is 0 Å². The van der Waals surface area contributed by atoms with Crippen molar-refractivity contribution in [1.29, 1.82) is 0 Å². The molecule has 6 atom stereocenters. The fourth-order valence-electron chi connectivity index (χ4n) is 2.71. The third kappa shape index (κ3) is 2.79. The molecule has 1 aromatic rings. The largest absolute Gasteiger partial charge is 0.353 e. The van der Waals surface area contributed by atoms with E-state index in [0.717, 1.165) is 5.56 Å². The molecular weight excluding hydrogens is 293 g/mol. The molecule has 0 radical (unpaired) electrons. The average Bonchev–Trinajstić information content (AvgIpc) is 2.57. The number of ether oxygens (including phenoxy) is 4. The smallest absolute Gasteiger partial charge is 0.189 e. The predicted octanol–water partition coefficient (Wildman–Crippen LogP) is 2.49. The maximum absolute atomic E-state index is 14.4. The summed E-state index contributed by atoms with van der Waals surface area (Å²) in [6.07, 6.45) is -4.62. The first-order valence-corrected chi connectivity index (χ1v) is 6.93. The van der Waals surface area contributed by atoms with E-state index in [1.165, 1.54) is 7.11 Å². The summed E-state index contributed by atoms with van der Waals surface area (Å²) in [6, 6.07) is 8.26. The summed E-state index contributed by atoms with van der Waals surface area (Å²) in [5.41, 5.74) is 9.50. The highest BCUT2D eigenvalue weighted by Gasteiger charge is 2.50. The summed E-state index contributed by atoms with van der Waals surface area (Å²) in [6.45, 7) is 0.203. The second-order valence-electron chi connectivity index (χ2n) is 5.10. The zero-order chi connectivity index (χ0) is 15.5. The van der Waals surface area contributed by atoms with Crippen molar-refractivity contribution >= 4 is 0 Å². The van der Waals surface area contributed by atoms with E-state index in [-0.39, 0.29) is 6.61 Å². The van der Waals surface area contributed by atoms with Crippen molar-refractivity contribution in [3.8, 4) is 0 Å². The molecule has 0 bridgehead atoms. The number of fused-ring (bicyclic) bond motifs is 1. The highest BCUT2D eigenvalue weighted by molar-refractivity contribution is 5.16. The minimum Gasteiger partial charge on any atom is -0.353 e. The van der Waals surface area contributed by atoms with Crippen LogP contribution in [-0.2, 0) is 18.9 Å². The minimum absolute atomic E-state index is 0.203. The molecule has 0 saturated carbocycles. The lowest BCUT2D eigenvalue weighted by Gasteiger charge is -2.45. The molecule has 2 aliphatic rings. The highest BCUT2D eigenvalue weighted by atomic mass is 19.1. The Hall–Kier alpha value is -1.70. The number of nitrogens with zero attached hydrogens (tertiary/aromatic N) is 3. The van der Waals surface area contributed by atoms with E-state index in [4.69, 9.17) is 24.5 Å². The summed E-state index contributed by atoms with van der Waals surface area (Å²) < 4.78 is 36.2. The van der Waals surface area contributed by atoms with Crippen LogP contribution in [0.4, 0.5) is 4.39 Å². The lowest BCUT2D eigenvalue weighted by molar-refractivity contribution is -0.331. The zero-order valence-corrected chi connectivity index (χ0v) is 11.9. The Bertz CT molecular complexity index is 554. The Morgan fingerprint density at radius 3 is 2.77 bits per heavy atom. The Morgan fingerprint density at radius 2 is 2.09 bits per heavy atom. The van der Waals surface area contributed by atoms with Crippen molar-refractivity contribution in [1.82, 2.24) is 0 Å². The van der Waals surface area contributed by atoms with Crippen molar-refractivity contribution in [2.45, 2.75) is 37.0 Å². The van der Waals surface area contributed by atoms with Gasteiger partial charge in [-0.25, -0.2) is 4.39 Å². The molecule has 2 heterocycles. The number of methoxy groups -OCH3 is 1. The van der Waals surface area contributed by atoms with Gasteiger partial charge in [0.15, 0.2) is 18.8 Å². The molecule has 2 aliphatic heterocycles. The lowest BCUT2D eigenvalue weighted by Crippen LogP contribution is -2.60. The van der Waals surface area contributed by atoms with Crippen LogP contribution in [0.15, 0.2) is 35.4 Å². The number of hydrogen-bond acceptors (Lipinski definition) is 5. The van der Waals surface area contributed by atoms with E-state index in [0.29, 0.717) is 0 Å². The third-order valence-electron chi connectivity index (χ3n) is 3.78. The molecule has 0 N–H and O–H groups in total. The summed E-state index contributed by atoms with van der Waals surface area (Å²) >= 11 is 0. The van der Waals surface area contributed by atoms with E-state index < -0.39 is 37.0 Å². The molecule has 2 saturated heterocycles. The molecule has 8 heteroatoms. The summed E-state index contributed by atoms with van der Waals surface area (Å²) in [5.74, 6) is 0. The molecule has 7 nitrogen and oxygen atoms in total. The van der Waals surface area contributed by atoms with Crippen LogP contribution in [0.2, 0.25) is 0 Å². The van der Waals surface area contributed by atoms with Crippen LogP contribution < -0.4 is 0 Å². The van der Waals surface area contributed by atoms with E-state index in [1.54, 1.807) is 0 Å². The van der Waals surface area contributed by atoms with Gasteiger partial charge in [-0.1, -0.05) is 35.4 Å². The van der Waals surface area contributed by atoms with Crippen molar-refractivity contribution < 1.29 is 23.3 Å². The standard InChI is InChI=1S/C14H16FN3O4/c1-19-14-10(15)11(17-18-16)12-9(21-14)7-20-13(22-12)8-5-3-2-4-6-8/h2-6,9-14H,7H2,1H3/t9-,10+,11+,12-,13-,14+/m1/s1. The predicted molar refractivity (Wildman–Crippen MR) is 73.5 cm³/mol. The molecule has 2 fully saturated rings. The highest BCUT2D eigenvalue weighted by Crippen LogP contribution is 2.36. The SMILES string of the molecule is CO[C@H]1O[C@@H]2CO[C@@H](c3ccccc3)O[C@H]2[C@@H](N=[N+]=[N-])[C@@H]1F. The Labute approximate surface area is 126 Å². The van der Waals surface area contributed by atoms with Crippen LogP contribution in [0.1, 0.15) is 11.9 Å². The van der Waals surface area contributed by atoms with Gasteiger partial charge in [-0.05, 0) is 5.53 Å². The number of benzene rings is 1. The molecule has 118 valence electrons. The number of hydrogen-bond donors (Lipinski definition) is 0. The second kappa shape index (κ2) is 6.60. The van der Waals surface area contributed by atoms with Gasteiger partial charge in [-0.2, -0.15) is 0 Å². The normalized spacial score (nSPS) is 37.9. The van der Waals surface area contributed by atoms with E-state index >= 15 is 0 Å². The van der Waals surface area contributed by atoms with Crippen LogP contribution in [-0.4, -0.2) is 44.4 Å². The zero-order valence-electron chi connectivity index (χ0n) is 11.9. The first-order chi connectivity index (χ1) is 10.7. The van der Waals surface area contributed by atoms with E-state index in [9.17, 15) is 4.39 Å². The molecule has 0 aromatic heterocycles. The van der Waals surface area contributed by atoms with Crippen molar-refractivity contribution in [3.63, 3.8) is 0 Å². The van der Waals surface area contributed by atoms with Gasteiger partial charge >= 0.3 is 0 Å². The second-order valence-corrected chi connectivity index (χ2v) is 5.10. The Kier molecular flexibility index (Phi) is 4.56. The van der Waals surface area contributed by atoms with Gasteiger partial charge in [0.05, 0.1) is 6.61 Å². The Morgan fingerprint density at radius 1 is 1.32 bits per heavy atom. The van der Waals surface area contributed by atoms with Crippen molar-refractivity contribution in [3.05, 3.63) is 46.3 Å². The molecule has 0 unspecified atom stereocenters. The molecule has 3 rings (SSSR count). The first-order valence-electron chi connectivity index (χ1n) is 6.93. The molecule has 1 aromatic carbocycles. The maximum Gasteiger partial charge on any atom is 0.189 e. The quantitative estimate of drug-likeness (QED) is 0.487. The molecule has 22 heavy (non-hydrogen) atoms. The van der Waals surface area contributed by atoms with Gasteiger partial charge in [0.1, 0.15) is 18.2 Å². The lowest BCUT2D eigenvalue weighted by atomic mass is 9.97. The van der Waals surface area contributed by atoms with Gasteiger partial charge in [-0.3, -0.25) is 0 Å². The number of azide groups is 1. The maximum atomic E-state index is 14.4. The van der Waals surface area contributed by atoms with Crippen LogP contribution in [0.5, 0.6) is 0 Å². The van der Waals surface area contributed by atoms with E-state index in [2.05, 4.69) is 10.0 Å². The minimum atomic E-state index is -1.60. The molecule has 0 spiro atoms. The average molecular weight is 309 g/mol. The first kappa shape index (κ1) is 15.2. The third-order valence-corrected chi connectivity index (χ3v) is 3.78. The fraction of sp³-hybridized carbons (Fsp3) is 0.571. The van der Waals surface area contributed by atoms with Gasteiger partial charge < -0.3 is 18.9 Å². The van der Waals surface area contributed by atoms with Crippen LogP contribution in [0, 0.1) is 0 Å². The van der Waals surface area contributed by atoms with Crippen molar-refractivity contribution in [2.75, 3.05) is 13.7 Å². The monoisotopic (exact) mass is 309 g/mol.